The van der Waals surface area contributed by atoms with Crippen molar-refractivity contribution in [2.24, 2.45) is 0 Å². The van der Waals surface area contributed by atoms with Gasteiger partial charge in [-0.05, 0) is 68.0 Å². The Morgan fingerprint density at radius 2 is 1.75 bits per heavy atom. The summed E-state index contributed by atoms with van der Waals surface area (Å²) in [5.74, 6) is 0.569. The van der Waals surface area contributed by atoms with Crippen LogP contribution < -0.4 is 15.9 Å². The summed E-state index contributed by atoms with van der Waals surface area (Å²) >= 11 is 0. The number of fused-ring (bicyclic) bond motifs is 3. The summed E-state index contributed by atoms with van der Waals surface area (Å²) < 4.78 is 1.73. The van der Waals surface area contributed by atoms with Crippen LogP contribution >= 0.6 is 0 Å². The van der Waals surface area contributed by atoms with E-state index in [1.54, 1.807) is 9.47 Å². The molecule has 0 spiro atoms. The summed E-state index contributed by atoms with van der Waals surface area (Å²) in [7, 11) is 0. The van der Waals surface area contributed by atoms with E-state index in [2.05, 4.69) is 54.2 Å². The van der Waals surface area contributed by atoms with Gasteiger partial charge in [0.1, 0.15) is 5.82 Å². The number of amides is 2. The van der Waals surface area contributed by atoms with Crippen molar-refractivity contribution >= 4 is 17.5 Å². The van der Waals surface area contributed by atoms with Crippen LogP contribution in [0.4, 0.5) is 16.3 Å². The molecule has 0 saturated carbocycles. The molecule has 2 N–H and O–H groups in total. The molecule has 0 unspecified atom stereocenters. The van der Waals surface area contributed by atoms with Crippen LogP contribution in [0.5, 0.6) is 0 Å². The highest BCUT2D eigenvalue weighted by Gasteiger charge is 2.25. The molecular weight excluding hydrogens is 454 g/mol. The maximum absolute atomic E-state index is 13.3. The molecule has 0 radical (unpaired) electrons. The van der Waals surface area contributed by atoms with Crippen molar-refractivity contribution in [3.05, 3.63) is 74.2 Å². The zero-order valence-corrected chi connectivity index (χ0v) is 21.4. The van der Waals surface area contributed by atoms with Crippen molar-refractivity contribution in [2.45, 2.75) is 47.3 Å². The number of aliphatic hydroxyl groups is 1. The average molecular weight is 488 g/mol. The molecule has 0 aliphatic carbocycles. The van der Waals surface area contributed by atoms with Crippen LogP contribution in [0, 0.1) is 27.7 Å². The van der Waals surface area contributed by atoms with Crippen molar-refractivity contribution < 1.29 is 9.90 Å². The van der Waals surface area contributed by atoms with Gasteiger partial charge in [0.05, 0.1) is 12.3 Å². The summed E-state index contributed by atoms with van der Waals surface area (Å²) in [5, 5.41) is 12.7. The third kappa shape index (κ3) is 4.26. The van der Waals surface area contributed by atoms with Crippen molar-refractivity contribution in [1.82, 2.24) is 19.8 Å². The maximum Gasteiger partial charge on any atom is 0.350 e. The van der Waals surface area contributed by atoms with Crippen molar-refractivity contribution in [3.8, 4) is 11.3 Å². The summed E-state index contributed by atoms with van der Waals surface area (Å²) in [5.41, 5.74) is 8.94. The van der Waals surface area contributed by atoms with E-state index in [4.69, 9.17) is 0 Å². The number of hydrogen-bond donors (Lipinski definition) is 2. The molecule has 2 aliphatic rings. The normalized spacial score (nSPS) is 14.5. The number of rotatable bonds is 6. The van der Waals surface area contributed by atoms with E-state index in [1.165, 1.54) is 11.1 Å². The standard InChI is InChI=1S/C28H33N5O3/c1-17-11-19(3)26(20(4)12-17)33(10-9-31-8-6-29-27(31)35)25-15-24-23-14-22(16-34)18(2)13-21(23)5-7-32(24)28(36)30-25/h11-15,34H,5-10,16H2,1-4H3,(H,29,35). The minimum atomic E-state index is -0.286. The van der Waals surface area contributed by atoms with Crippen molar-refractivity contribution in [3.63, 3.8) is 0 Å². The summed E-state index contributed by atoms with van der Waals surface area (Å²) in [6.45, 7) is 11.1. The molecule has 5 rings (SSSR count). The number of aryl methyl sites for hydroxylation is 5. The number of nitrogens with one attached hydrogen (secondary N) is 1. The van der Waals surface area contributed by atoms with Crippen molar-refractivity contribution in [1.29, 1.82) is 0 Å². The van der Waals surface area contributed by atoms with Crippen LogP contribution in [-0.2, 0) is 19.6 Å². The quantitative estimate of drug-likeness (QED) is 0.557. The van der Waals surface area contributed by atoms with Gasteiger partial charge < -0.3 is 20.2 Å². The molecule has 0 bridgehead atoms. The lowest BCUT2D eigenvalue weighted by atomic mass is 9.92. The molecule has 36 heavy (non-hydrogen) atoms. The Kier molecular flexibility index (Phi) is 6.30. The fourth-order valence-electron chi connectivity index (χ4n) is 5.62. The lowest BCUT2D eigenvalue weighted by Crippen LogP contribution is -2.37. The number of benzene rings is 2. The van der Waals surface area contributed by atoms with Gasteiger partial charge in [0, 0.05) is 50.0 Å². The lowest BCUT2D eigenvalue weighted by molar-refractivity contribution is 0.218. The molecule has 2 aromatic carbocycles. The maximum atomic E-state index is 13.3. The third-order valence-electron chi connectivity index (χ3n) is 7.33. The van der Waals surface area contributed by atoms with E-state index < -0.39 is 0 Å². The van der Waals surface area contributed by atoms with Crippen LogP contribution in [0.1, 0.15) is 33.4 Å². The Morgan fingerprint density at radius 3 is 2.42 bits per heavy atom. The van der Waals surface area contributed by atoms with Crippen LogP contribution in [0.2, 0.25) is 0 Å². The molecule has 188 valence electrons. The monoisotopic (exact) mass is 487 g/mol. The van der Waals surface area contributed by atoms with Gasteiger partial charge >= 0.3 is 11.7 Å². The van der Waals surface area contributed by atoms with E-state index in [-0.39, 0.29) is 18.3 Å². The number of carbonyl (C=O) groups is 1. The number of urea groups is 1. The second kappa shape index (κ2) is 9.43. The molecule has 1 fully saturated rings. The fourth-order valence-corrected chi connectivity index (χ4v) is 5.62. The second-order valence-electron chi connectivity index (χ2n) is 9.90. The van der Waals surface area contributed by atoms with E-state index in [0.717, 1.165) is 45.6 Å². The first-order chi connectivity index (χ1) is 17.3. The highest BCUT2D eigenvalue weighted by molar-refractivity contribution is 5.77. The largest absolute Gasteiger partial charge is 0.392 e. The van der Waals surface area contributed by atoms with E-state index in [0.29, 0.717) is 38.5 Å². The number of anilines is 2. The molecule has 8 nitrogen and oxygen atoms in total. The Bertz CT molecular complexity index is 1390. The molecule has 1 saturated heterocycles. The number of nitrogens with zero attached hydrogens (tertiary/aromatic N) is 4. The SMILES string of the molecule is Cc1cc(C)c(N(CCN2CCNC2=O)c2cc3n(c(=O)n2)CCc2cc(C)c(CO)cc2-3)c(C)c1. The topological polar surface area (TPSA) is 90.7 Å². The highest BCUT2D eigenvalue weighted by Crippen LogP contribution is 2.36. The number of hydrogen-bond acceptors (Lipinski definition) is 5. The van der Waals surface area contributed by atoms with Crippen molar-refractivity contribution in [2.75, 3.05) is 31.1 Å². The first-order valence-corrected chi connectivity index (χ1v) is 12.5. The van der Waals surface area contributed by atoms with E-state index in [1.807, 2.05) is 19.1 Å². The van der Waals surface area contributed by atoms with Gasteiger partial charge in [0.15, 0.2) is 0 Å². The smallest absolute Gasteiger partial charge is 0.350 e. The second-order valence-corrected chi connectivity index (χ2v) is 9.90. The zero-order valence-electron chi connectivity index (χ0n) is 21.4. The predicted octanol–water partition coefficient (Wildman–Crippen LogP) is 3.36. The molecule has 3 aromatic rings. The molecule has 2 amide bonds. The Labute approximate surface area is 211 Å². The highest BCUT2D eigenvalue weighted by atomic mass is 16.3. The van der Waals surface area contributed by atoms with Gasteiger partial charge in [-0.25, -0.2) is 9.59 Å². The van der Waals surface area contributed by atoms with Crippen LogP contribution in [-0.4, -0.2) is 51.8 Å². The fraction of sp³-hybridized carbons (Fsp3) is 0.393. The zero-order chi connectivity index (χ0) is 25.6. The van der Waals surface area contributed by atoms with Gasteiger partial charge in [-0.15, -0.1) is 0 Å². The van der Waals surface area contributed by atoms with Gasteiger partial charge in [-0.2, -0.15) is 4.98 Å². The molecular formula is C28H33N5O3. The predicted molar refractivity (Wildman–Crippen MR) is 141 cm³/mol. The molecule has 8 heteroatoms. The van der Waals surface area contributed by atoms with Crippen LogP contribution in [0.3, 0.4) is 0 Å². The molecule has 0 atom stereocenters. The third-order valence-corrected chi connectivity index (χ3v) is 7.33. The minimum absolute atomic E-state index is 0.0485. The summed E-state index contributed by atoms with van der Waals surface area (Å²) in [4.78, 5) is 33.9. The first-order valence-electron chi connectivity index (χ1n) is 12.5. The summed E-state index contributed by atoms with van der Waals surface area (Å²) in [6, 6.07) is 10.3. The molecule has 2 aliphatic heterocycles. The average Bonchev–Trinajstić information content (AvgIpc) is 3.24. The van der Waals surface area contributed by atoms with Gasteiger partial charge in [-0.3, -0.25) is 4.57 Å². The van der Waals surface area contributed by atoms with Gasteiger partial charge in [0.25, 0.3) is 0 Å². The number of aromatic nitrogens is 2. The Balaban J connectivity index is 1.64. The molecule has 1 aromatic heterocycles. The molecule has 3 heterocycles. The summed E-state index contributed by atoms with van der Waals surface area (Å²) in [6.07, 6.45) is 0.750. The van der Waals surface area contributed by atoms with E-state index in [9.17, 15) is 14.7 Å². The first kappa shape index (κ1) is 24.1. The van der Waals surface area contributed by atoms with Gasteiger partial charge in [0.2, 0.25) is 0 Å². The minimum Gasteiger partial charge on any atom is -0.392 e. The number of aliphatic hydroxyl groups excluding tert-OH is 1. The van der Waals surface area contributed by atoms with Crippen LogP contribution in [0.25, 0.3) is 11.3 Å². The van der Waals surface area contributed by atoms with Crippen LogP contribution in [0.15, 0.2) is 35.1 Å². The Hall–Kier alpha value is -3.65. The lowest BCUT2D eigenvalue weighted by Gasteiger charge is -2.31. The van der Waals surface area contributed by atoms with E-state index >= 15 is 0 Å². The Morgan fingerprint density at radius 1 is 1.00 bits per heavy atom. The number of carbonyl (C=O) groups excluding carboxylic acids is 1. The van der Waals surface area contributed by atoms with Gasteiger partial charge in [-0.1, -0.05) is 23.8 Å².